The molecule has 32 heavy (non-hydrogen) atoms. The van der Waals surface area contributed by atoms with Crippen molar-refractivity contribution in [3.05, 3.63) is 70.5 Å². The molecule has 0 N–H and O–H groups in total. The quantitative estimate of drug-likeness (QED) is 0.450. The molecule has 7 heteroatoms. The first-order chi connectivity index (χ1) is 15.2. The third kappa shape index (κ3) is 10.1. The molecule has 1 atom stereocenters. The van der Waals surface area contributed by atoms with Crippen molar-refractivity contribution in [3.8, 4) is 0 Å². The maximum absolute atomic E-state index is 12.7. The van der Waals surface area contributed by atoms with Crippen LogP contribution in [0.15, 0.2) is 42.5 Å². The zero-order valence-corrected chi connectivity index (χ0v) is 20.1. The summed E-state index contributed by atoms with van der Waals surface area (Å²) in [5.41, 5.74) is 3.64. The van der Waals surface area contributed by atoms with Gasteiger partial charge in [-0.2, -0.15) is 0 Å². The standard InChI is InChI=1S/C13H16O4.C12H15FOS/c1-4-16-12(14)8-17-13(15)11-6-5-9(2)10(3)7-11;1-3-12(15-8-9(2)14)10-4-6-11(13)7-5-10/h5-7H,4,8H2,1-3H3;4-7,12H,3,8H2,1-2H3. The van der Waals surface area contributed by atoms with Gasteiger partial charge in [-0.25, -0.2) is 14.0 Å². The predicted octanol–water partition coefficient (Wildman–Crippen LogP) is 5.62. The molecule has 0 heterocycles. The van der Waals surface area contributed by atoms with E-state index in [1.807, 2.05) is 19.9 Å². The second-order valence-corrected chi connectivity index (χ2v) is 8.33. The van der Waals surface area contributed by atoms with E-state index in [1.54, 1.807) is 49.9 Å². The normalized spacial score (nSPS) is 11.1. The predicted molar refractivity (Wildman–Crippen MR) is 125 cm³/mol. The van der Waals surface area contributed by atoms with E-state index in [4.69, 9.17) is 4.74 Å². The van der Waals surface area contributed by atoms with E-state index >= 15 is 0 Å². The Morgan fingerprint density at radius 1 is 0.969 bits per heavy atom. The first-order valence-corrected chi connectivity index (χ1v) is 11.5. The molecule has 0 aliphatic carbocycles. The molecular weight excluding hydrogens is 431 g/mol. The number of hydrogen-bond donors (Lipinski definition) is 0. The summed E-state index contributed by atoms with van der Waals surface area (Å²) < 4.78 is 22.2. The summed E-state index contributed by atoms with van der Waals surface area (Å²) in [5.74, 6) is -0.563. The van der Waals surface area contributed by atoms with Crippen molar-refractivity contribution in [2.24, 2.45) is 0 Å². The molecule has 0 aliphatic rings. The summed E-state index contributed by atoms with van der Waals surface area (Å²) in [5, 5.41) is 0.287. The molecule has 0 amide bonds. The fourth-order valence-corrected chi connectivity index (χ4v) is 3.65. The highest BCUT2D eigenvalue weighted by molar-refractivity contribution is 8.00. The van der Waals surface area contributed by atoms with Crippen LogP contribution in [-0.2, 0) is 19.1 Å². The average molecular weight is 463 g/mol. The molecule has 2 rings (SSSR count). The number of thioether (sulfide) groups is 1. The monoisotopic (exact) mass is 462 g/mol. The van der Waals surface area contributed by atoms with Gasteiger partial charge in [-0.3, -0.25) is 4.79 Å². The maximum Gasteiger partial charge on any atom is 0.344 e. The minimum absolute atomic E-state index is 0.181. The lowest BCUT2D eigenvalue weighted by Gasteiger charge is -2.13. The molecule has 174 valence electrons. The molecule has 0 aromatic heterocycles. The number of halogens is 1. The number of Topliss-reactive ketones (excluding diaryl/α,β-unsaturated/α-hetero) is 1. The van der Waals surface area contributed by atoms with Crippen LogP contribution in [-0.4, -0.2) is 36.7 Å². The van der Waals surface area contributed by atoms with Crippen molar-refractivity contribution in [1.29, 1.82) is 0 Å². The number of ether oxygens (including phenoxy) is 2. The number of carbonyl (C=O) groups is 3. The molecule has 0 spiro atoms. The molecule has 0 bridgehead atoms. The van der Waals surface area contributed by atoms with Crippen LogP contribution in [0.25, 0.3) is 0 Å². The lowest BCUT2D eigenvalue weighted by atomic mass is 10.1. The van der Waals surface area contributed by atoms with Crippen molar-refractivity contribution < 1.29 is 28.2 Å². The fourth-order valence-electron chi connectivity index (χ4n) is 2.62. The van der Waals surface area contributed by atoms with Crippen LogP contribution in [0, 0.1) is 19.7 Å². The summed E-state index contributed by atoms with van der Waals surface area (Å²) in [6.07, 6.45) is 0.948. The van der Waals surface area contributed by atoms with E-state index in [0.717, 1.165) is 23.1 Å². The molecule has 5 nitrogen and oxygen atoms in total. The van der Waals surface area contributed by atoms with Gasteiger partial charge in [0, 0.05) is 5.25 Å². The SMILES string of the molecule is CCC(SCC(C)=O)c1ccc(F)cc1.CCOC(=O)COC(=O)c1ccc(C)c(C)c1. The number of ketones is 1. The maximum atomic E-state index is 12.7. The summed E-state index contributed by atoms with van der Waals surface area (Å²) in [6.45, 7) is 9.16. The van der Waals surface area contributed by atoms with E-state index < -0.39 is 11.9 Å². The van der Waals surface area contributed by atoms with E-state index in [2.05, 4.69) is 11.7 Å². The topological polar surface area (TPSA) is 69.7 Å². The van der Waals surface area contributed by atoms with Crippen LogP contribution in [0.5, 0.6) is 0 Å². The van der Waals surface area contributed by atoms with Gasteiger partial charge in [0.1, 0.15) is 11.6 Å². The lowest BCUT2D eigenvalue weighted by Crippen LogP contribution is -2.16. The Morgan fingerprint density at radius 3 is 2.16 bits per heavy atom. The van der Waals surface area contributed by atoms with Gasteiger partial charge in [-0.05, 0) is 75.1 Å². The Hall–Kier alpha value is -2.67. The molecule has 0 aliphatic heterocycles. The number of rotatable bonds is 9. The van der Waals surface area contributed by atoms with Crippen LogP contribution < -0.4 is 0 Å². The summed E-state index contributed by atoms with van der Waals surface area (Å²) in [6, 6.07) is 11.8. The number of esters is 2. The summed E-state index contributed by atoms with van der Waals surface area (Å²) in [7, 11) is 0. The van der Waals surface area contributed by atoms with Crippen molar-refractivity contribution in [2.75, 3.05) is 19.0 Å². The van der Waals surface area contributed by atoms with Gasteiger partial charge in [0.15, 0.2) is 6.61 Å². The van der Waals surface area contributed by atoms with Gasteiger partial charge in [-0.1, -0.05) is 25.1 Å². The molecule has 0 saturated heterocycles. The highest BCUT2D eigenvalue weighted by atomic mass is 32.2. The second-order valence-electron chi connectivity index (χ2n) is 7.14. The Labute approximate surface area is 193 Å². The van der Waals surface area contributed by atoms with Crippen molar-refractivity contribution in [2.45, 2.75) is 46.3 Å². The van der Waals surface area contributed by atoms with Gasteiger partial charge in [0.2, 0.25) is 0 Å². The highest BCUT2D eigenvalue weighted by Gasteiger charge is 2.12. The Kier molecular flexibility index (Phi) is 12.3. The second kappa shape index (κ2) is 14.4. The van der Waals surface area contributed by atoms with Crippen LogP contribution >= 0.6 is 11.8 Å². The van der Waals surface area contributed by atoms with Crippen molar-refractivity contribution in [3.63, 3.8) is 0 Å². The molecule has 1 unspecified atom stereocenters. The molecule has 0 radical (unpaired) electrons. The number of benzene rings is 2. The first-order valence-electron chi connectivity index (χ1n) is 10.4. The fraction of sp³-hybridized carbons (Fsp3) is 0.400. The molecule has 0 saturated carbocycles. The van der Waals surface area contributed by atoms with Crippen LogP contribution in [0.3, 0.4) is 0 Å². The average Bonchev–Trinajstić information content (AvgIpc) is 2.76. The van der Waals surface area contributed by atoms with E-state index in [0.29, 0.717) is 11.3 Å². The van der Waals surface area contributed by atoms with Gasteiger partial charge in [0.05, 0.1) is 17.9 Å². The lowest BCUT2D eigenvalue weighted by molar-refractivity contribution is -0.146. The molecule has 0 fully saturated rings. The largest absolute Gasteiger partial charge is 0.463 e. The number of hydrogen-bond acceptors (Lipinski definition) is 6. The smallest absolute Gasteiger partial charge is 0.344 e. The Bertz CT molecular complexity index is 896. The minimum atomic E-state index is -0.537. The van der Waals surface area contributed by atoms with Crippen LogP contribution in [0.1, 0.15) is 59.5 Å². The van der Waals surface area contributed by atoms with E-state index in [-0.39, 0.29) is 30.1 Å². The van der Waals surface area contributed by atoms with E-state index in [9.17, 15) is 18.8 Å². The summed E-state index contributed by atoms with van der Waals surface area (Å²) in [4.78, 5) is 33.5. The zero-order valence-electron chi connectivity index (χ0n) is 19.3. The van der Waals surface area contributed by atoms with Gasteiger partial charge >= 0.3 is 11.9 Å². The molecule has 2 aromatic rings. The van der Waals surface area contributed by atoms with Crippen molar-refractivity contribution >= 4 is 29.5 Å². The van der Waals surface area contributed by atoms with Crippen LogP contribution in [0.4, 0.5) is 4.39 Å². The van der Waals surface area contributed by atoms with Gasteiger partial charge < -0.3 is 9.47 Å². The van der Waals surface area contributed by atoms with Gasteiger partial charge in [-0.15, -0.1) is 11.8 Å². The number of carbonyl (C=O) groups excluding carboxylic acids is 3. The highest BCUT2D eigenvalue weighted by Crippen LogP contribution is 2.31. The van der Waals surface area contributed by atoms with Gasteiger partial charge in [0.25, 0.3) is 0 Å². The van der Waals surface area contributed by atoms with Crippen LogP contribution in [0.2, 0.25) is 0 Å². The third-order valence-corrected chi connectivity index (χ3v) is 6.05. The molecule has 2 aromatic carbocycles. The molecular formula is C25H31FO5S. The summed E-state index contributed by atoms with van der Waals surface area (Å²) >= 11 is 1.62. The minimum Gasteiger partial charge on any atom is -0.463 e. The first kappa shape index (κ1) is 27.4. The number of aryl methyl sites for hydroxylation is 2. The Balaban J connectivity index is 0.000000323. The third-order valence-electron chi connectivity index (χ3n) is 4.47. The van der Waals surface area contributed by atoms with E-state index in [1.165, 1.54) is 12.1 Å². The van der Waals surface area contributed by atoms with Crippen molar-refractivity contribution in [1.82, 2.24) is 0 Å². The Morgan fingerprint density at radius 2 is 1.62 bits per heavy atom. The zero-order chi connectivity index (χ0) is 24.1.